The van der Waals surface area contributed by atoms with Crippen LogP contribution in [-0.4, -0.2) is 24.5 Å². The van der Waals surface area contributed by atoms with E-state index in [1.807, 2.05) is 11.8 Å². The fourth-order valence-corrected chi connectivity index (χ4v) is 2.08. The first-order chi connectivity index (χ1) is 8.99. The summed E-state index contributed by atoms with van der Waals surface area (Å²) in [7, 11) is -3.80. The maximum absolute atomic E-state index is 11.7. The summed E-state index contributed by atoms with van der Waals surface area (Å²) in [6.45, 7) is 1.89. The van der Waals surface area contributed by atoms with Gasteiger partial charge < -0.3 is 0 Å². The SMILES string of the molecule is Cc1ccc(C(=O)NNS(=O)(=O)c2cn[nH]c2)cc1. The standard InChI is InChI=1S/C11H12N4O3S/c1-8-2-4-9(5-3-8)11(16)14-15-19(17,18)10-6-12-13-7-10/h2-7,15H,1H3,(H,12,13)(H,14,16). The van der Waals surface area contributed by atoms with Crippen LogP contribution < -0.4 is 10.3 Å². The Balaban J connectivity index is 2.03. The minimum Gasteiger partial charge on any atom is -0.284 e. The van der Waals surface area contributed by atoms with E-state index in [1.165, 1.54) is 6.20 Å². The van der Waals surface area contributed by atoms with Crippen LogP contribution in [0.25, 0.3) is 0 Å². The second-order valence-electron chi connectivity index (χ2n) is 3.86. The van der Waals surface area contributed by atoms with E-state index in [0.717, 1.165) is 11.8 Å². The number of rotatable bonds is 4. The smallest absolute Gasteiger partial charge is 0.266 e. The number of aromatic nitrogens is 2. The van der Waals surface area contributed by atoms with E-state index in [4.69, 9.17) is 0 Å². The third-order valence-corrected chi connectivity index (χ3v) is 3.61. The number of aryl methyl sites for hydroxylation is 1. The molecule has 0 radical (unpaired) electrons. The molecule has 0 fully saturated rings. The third-order valence-electron chi connectivity index (χ3n) is 2.40. The van der Waals surface area contributed by atoms with Gasteiger partial charge in [-0.25, -0.2) is 8.42 Å². The van der Waals surface area contributed by atoms with Crippen molar-refractivity contribution in [1.29, 1.82) is 0 Å². The molecule has 2 rings (SSSR count). The zero-order valence-electron chi connectivity index (χ0n) is 10.0. The highest BCUT2D eigenvalue weighted by molar-refractivity contribution is 7.89. The summed E-state index contributed by atoms with van der Waals surface area (Å²) in [6.07, 6.45) is 2.35. The van der Waals surface area contributed by atoms with Gasteiger partial charge in [-0.15, -0.1) is 4.83 Å². The molecule has 0 aliphatic heterocycles. The molecule has 2 aromatic rings. The topological polar surface area (TPSA) is 104 Å². The van der Waals surface area contributed by atoms with E-state index in [9.17, 15) is 13.2 Å². The maximum atomic E-state index is 11.7. The van der Waals surface area contributed by atoms with Crippen molar-refractivity contribution in [3.63, 3.8) is 0 Å². The molecule has 0 saturated carbocycles. The molecule has 100 valence electrons. The second kappa shape index (κ2) is 5.21. The number of hydrazine groups is 1. The molecule has 3 N–H and O–H groups in total. The summed E-state index contributed by atoms with van der Waals surface area (Å²) in [6, 6.07) is 6.74. The molecular weight excluding hydrogens is 268 g/mol. The molecule has 0 aliphatic rings. The van der Waals surface area contributed by atoms with Crippen molar-refractivity contribution in [1.82, 2.24) is 20.5 Å². The van der Waals surface area contributed by atoms with Gasteiger partial charge in [0.2, 0.25) is 0 Å². The fourth-order valence-electron chi connectivity index (χ4n) is 1.34. The van der Waals surface area contributed by atoms with Crippen molar-refractivity contribution in [3.8, 4) is 0 Å². The quantitative estimate of drug-likeness (QED) is 0.702. The molecule has 8 heteroatoms. The van der Waals surface area contributed by atoms with Crippen LogP contribution in [0.5, 0.6) is 0 Å². The average Bonchev–Trinajstić information content (AvgIpc) is 2.91. The van der Waals surface area contributed by atoms with Gasteiger partial charge in [0.15, 0.2) is 0 Å². The lowest BCUT2D eigenvalue weighted by Crippen LogP contribution is -2.41. The van der Waals surface area contributed by atoms with Crippen molar-refractivity contribution in [2.24, 2.45) is 0 Å². The van der Waals surface area contributed by atoms with E-state index in [1.54, 1.807) is 24.3 Å². The van der Waals surface area contributed by atoms with Crippen LogP contribution in [0.1, 0.15) is 15.9 Å². The predicted molar refractivity (Wildman–Crippen MR) is 67.6 cm³/mol. The summed E-state index contributed by atoms with van der Waals surface area (Å²) in [5.41, 5.74) is 3.50. The normalized spacial score (nSPS) is 11.2. The molecule has 0 unspecified atom stereocenters. The Morgan fingerprint density at radius 3 is 2.53 bits per heavy atom. The van der Waals surface area contributed by atoms with Crippen LogP contribution in [0.3, 0.4) is 0 Å². The third kappa shape index (κ3) is 3.18. The van der Waals surface area contributed by atoms with Gasteiger partial charge in [0, 0.05) is 11.8 Å². The fraction of sp³-hybridized carbons (Fsp3) is 0.0909. The van der Waals surface area contributed by atoms with Crippen LogP contribution >= 0.6 is 0 Å². The van der Waals surface area contributed by atoms with E-state index in [0.29, 0.717) is 5.56 Å². The number of hydrogen-bond acceptors (Lipinski definition) is 4. The molecule has 7 nitrogen and oxygen atoms in total. The van der Waals surface area contributed by atoms with Gasteiger partial charge in [-0.3, -0.25) is 15.3 Å². The number of H-pyrrole nitrogens is 1. The minimum atomic E-state index is -3.80. The van der Waals surface area contributed by atoms with Crippen molar-refractivity contribution in [2.45, 2.75) is 11.8 Å². The summed E-state index contributed by atoms with van der Waals surface area (Å²) in [5.74, 6) is -0.535. The van der Waals surface area contributed by atoms with Gasteiger partial charge in [0.1, 0.15) is 4.90 Å². The summed E-state index contributed by atoms with van der Waals surface area (Å²) in [5, 5.41) is 5.91. The number of sulfonamides is 1. The molecule has 1 heterocycles. The molecule has 0 aliphatic carbocycles. The Morgan fingerprint density at radius 2 is 1.95 bits per heavy atom. The van der Waals surface area contributed by atoms with Crippen LogP contribution in [0, 0.1) is 6.92 Å². The number of carbonyl (C=O) groups excluding carboxylic acids is 1. The number of nitrogens with zero attached hydrogens (tertiary/aromatic N) is 1. The lowest BCUT2D eigenvalue weighted by atomic mass is 10.1. The van der Waals surface area contributed by atoms with E-state index in [-0.39, 0.29) is 4.90 Å². The highest BCUT2D eigenvalue weighted by Gasteiger charge is 2.16. The lowest BCUT2D eigenvalue weighted by Gasteiger charge is -2.06. The maximum Gasteiger partial charge on any atom is 0.266 e. The predicted octanol–water partition coefficient (Wildman–Crippen LogP) is 0.341. The van der Waals surface area contributed by atoms with Crippen molar-refractivity contribution in [2.75, 3.05) is 0 Å². The van der Waals surface area contributed by atoms with Crippen molar-refractivity contribution < 1.29 is 13.2 Å². The van der Waals surface area contributed by atoms with E-state index < -0.39 is 15.9 Å². The van der Waals surface area contributed by atoms with Gasteiger partial charge in [0.25, 0.3) is 15.9 Å². The van der Waals surface area contributed by atoms with Crippen LogP contribution in [0.4, 0.5) is 0 Å². The van der Waals surface area contributed by atoms with Crippen molar-refractivity contribution >= 4 is 15.9 Å². The summed E-state index contributed by atoms with van der Waals surface area (Å²) >= 11 is 0. The summed E-state index contributed by atoms with van der Waals surface area (Å²) < 4.78 is 23.4. The number of aromatic amines is 1. The molecular formula is C11H12N4O3S. The molecule has 0 bridgehead atoms. The van der Waals surface area contributed by atoms with E-state index >= 15 is 0 Å². The van der Waals surface area contributed by atoms with Gasteiger partial charge in [-0.2, -0.15) is 5.10 Å². The van der Waals surface area contributed by atoms with Crippen LogP contribution in [0.2, 0.25) is 0 Å². The Labute approximate surface area is 110 Å². The first kappa shape index (κ1) is 13.2. The number of amides is 1. The molecule has 19 heavy (non-hydrogen) atoms. The zero-order chi connectivity index (χ0) is 13.9. The number of carbonyl (C=O) groups is 1. The first-order valence-corrected chi connectivity index (χ1v) is 6.85. The van der Waals surface area contributed by atoms with Crippen LogP contribution in [-0.2, 0) is 10.0 Å². The number of hydrogen-bond donors (Lipinski definition) is 3. The molecule has 1 amide bonds. The van der Waals surface area contributed by atoms with Gasteiger partial charge in [-0.05, 0) is 19.1 Å². The Kier molecular flexibility index (Phi) is 3.63. The molecule has 0 saturated heterocycles. The zero-order valence-corrected chi connectivity index (χ0v) is 10.9. The van der Waals surface area contributed by atoms with Gasteiger partial charge in [-0.1, -0.05) is 17.7 Å². The Hall–Kier alpha value is -2.19. The molecule has 0 spiro atoms. The Bertz CT molecular complexity index is 662. The second-order valence-corrected chi connectivity index (χ2v) is 5.54. The van der Waals surface area contributed by atoms with Gasteiger partial charge in [0.05, 0.1) is 6.20 Å². The lowest BCUT2D eigenvalue weighted by molar-refractivity contribution is 0.0945. The summed E-state index contributed by atoms with van der Waals surface area (Å²) in [4.78, 5) is 13.6. The molecule has 1 aromatic carbocycles. The van der Waals surface area contributed by atoms with Gasteiger partial charge >= 0.3 is 0 Å². The first-order valence-electron chi connectivity index (χ1n) is 5.36. The minimum absolute atomic E-state index is 0.0586. The highest BCUT2D eigenvalue weighted by Crippen LogP contribution is 2.04. The average molecular weight is 280 g/mol. The monoisotopic (exact) mass is 280 g/mol. The molecule has 0 atom stereocenters. The molecule has 1 aromatic heterocycles. The van der Waals surface area contributed by atoms with Crippen molar-refractivity contribution in [3.05, 3.63) is 47.8 Å². The van der Waals surface area contributed by atoms with E-state index in [2.05, 4.69) is 15.6 Å². The largest absolute Gasteiger partial charge is 0.284 e. The highest BCUT2D eigenvalue weighted by atomic mass is 32.2. The number of nitrogens with one attached hydrogen (secondary N) is 3. The van der Waals surface area contributed by atoms with Crippen LogP contribution in [0.15, 0.2) is 41.6 Å². The Morgan fingerprint density at radius 1 is 1.26 bits per heavy atom. The number of benzene rings is 1.